The Labute approximate surface area is 174 Å². The second-order valence-electron chi connectivity index (χ2n) is 8.16. The fourth-order valence-corrected chi connectivity index (χ4v) is 5.63. The Hall–Kier alpha value is -2.50. The lowest BCUT2D eigenvalue weighted by molar-refractivity contribution is -0.138. The Balaban J connectivity index is 1.38. The van der Waals surface area contributed by atoms with Crippen LogP contribution in [0.4, 0.5) is 0 Å². The van der Waals surface area contributed by atoms with E-state index in [0.717, 1.165) is 37.5 Å². The van der Waals surface area contributed by atoms with E-state index in [1.807, 2.05) is 6.07 Å². The Bertz CT molecular complexity index is 1060. The number of nitrogens with zero attached hydrogens (tertiary/aromatic N) is 2. The molecule has 1 aliphatic heterocycles. The van der Waals surface area contributed by atoms with Gasteiger partial charge in [-0.3, -0.25) is 9.69 Å². The first-order valence-corrected chi connectivity index (χ1v) is 11.0. The number of thiazole rings is 1. The number of benzene rings is 2. The zero-order chi connectivity index (χ0) is 20.0. The van der Waals surface area contributed by atoms with Gasteiger partial charge in [0.05, 0.1) is 11.6 Å². The van der Waals surface area contributed by atoms with Crippen LogP contribution < -0.4 is 0 Å². The molecule has 1 fully saturated rings. The molecule has 5 heteroatoms. The van der Waals surface area contributed by atoms with E-state index >= 15 is 0 Å². The van der Waals surface area contributed by atoms with Crippen LogP contribution in [0.3, 0.4) is 0 Å². The number of rotatable bonds is 5. The van der Waals surface area contributed by atoms with Crippen LogP contribution in [0, 0.1) is 18.8 Å². The molecule has 0 saturated heterocycles. The van der Waals surface area contributed by atoms with E-state index in [1.54, 1.807) is 11.3 Å². The number of aromatic nitrogens is 1. The number of carboxylic acid groups (broad SMARTS) is 1. The smallest absolute Gasteiger partial charge is 0.306 e. The number of aliphatic carboxylic acids is 1. The summed E-state index contributed by atoms with van der Waals surface area (Å²) in [6.07, 6.45) is 1.78. The molecule has 1 aromatic heterocycles. The maximum atomic E-state index is 11.1. The minimum atomic E-state index is -0.637. The van der Waals surface area contributed by atoms with Crippen LogP contribution in [0.15, 0.2) is 48.5 Å². The molecule has 1 saturated carbocycles. The molecule has 4 nitrogen and oxygen atoms in total. The third-order valence-corrected chi connectivity index (χ3v) is 7.31. The summed E-state index contributed by atoms with van der Waals surface area (Å²) < 4.78 is 0. The molecule has 0 spiro atoms. The summed E-state index contributed by atoms with van der Waals surface area (Å²) in [5.41, 5.74) is 6.19. The monoisotopic (exact) mass is 404 g/mol. The van der Waals surface area contributed by atoms with E-state index in [9.17, 15) is 4.79 Å². The van der Waals surface area contributed by atoms with Crippen molar-refractivity contribution in [3.63, 3.8) is 0 Å². The first-order chi connectivity index (χ1) is 14.1. The topological polar surface area (TPSA) is 53.4 Å². The lowest BCUT2D eigenvalue weighted by Crippen LogP contribution is -2.32. The van der Waals surface area contributed by atoms with Crippen molar-refractivity contribution in [2.75, 3.05) is 13.1 Å². The van der Waals surface area contributed by atoms with E-state index in [4.69, 9.17) is 10.1 Å². The van der Waals surface area contributed by atoms with Gasteiger partial charge in [-0.25, -0.2) is 4.98 Å². The summed E-state index contributed by atoms with van der Waals surface area (Å²) in [7, 11) is 0. The number of fused-ring (bicyclic) bond motifs is 1. The van der Waals surface area contributed by atoms with E-state index in [1.165, 1.54) is 32.8 Å². The third kappa shape index (κ3) is 3.61. The quantitative estimate of drug-likeness (QED) is 0.660. The van der Waals surface area contributed by atoms with Gasteiger partial charge < -0.3 is 5.11 Å². The van der Waals surface area contributed by atoms with Gasteiger partial charge in [0, 0.05) is 36.5 Å². The molecule has 0 amide bonds. The normalized spacial score (nSPS) is 21.0. The molecular formula is C24H24N2O2S. The molecule has 2 aliphatic rings. The van der Waals surface area contributed by atoms with Crippen molar-refractivity contribution in [3.8, 4) is 21.7 Å². The highest BCUT2D eigenvalue weighted by Gasteiger charge is 2.44. The maximum absolute atomic E-state index is 11.1. The van der Waals surface area contributed by atoms with Gasteiger partial charge in [0.1, 0.15) is 5.01 Å². The Morgan fingerprint density at radius 2 is 1.97 bits per heavy atom. The number of carbonyl (C=O) groups is 1. The van der Waals surface area contributed by atoms with Gasteiger partial charge in [0.2, 0.25) is 0 Å². The fraction of sp³-hybridized carbons (Fsp3) is 0.333. The van der Waals surface area contributed by atoms with E-state index < -0.39 is 5.97 Å². The number of hydrogen-bond acceptors (Lipinski definition) is 4. The molecule has 2 heterocycles. The highest BCUT2D eigenvalue weighted by Crippen LogP contribution is 2.41. The van der Waals surface area contributed by atoms with Crippen molar-refractivity contribution in [2.24, 2.45) is 11.8 Å². The van der Waals surface area contributed by atoms with Crippen LogP contribution in [0.2, 0.25) is 0 Å². The van der Waals surface area contributed by atoms with Crippen molar-refractivity contribution >= 4 is 17.3 Å². The lowest BCUT2D eigenvalue weighted by Gasteiger charge is -2.25. The molecule has 2 unspecified atom stereocenters. The van der Waals surface area contributed by atoms with Crippen molar-refractivity contribution in [1.82, 2.24) is 9.88 Å². The first-order valence-electron chi connectivity index (χ1n) is 10.2. The Morgan fingerprint density at radius 3 is 2.72 bits per heavy atom. The predicted molar refractivity (Wildman–Crippen MR) is 116 cm³/mol. The second kappa shape index (κ2) is 7.39. The van der Waals surface area contributed by atoms with Crippen LogP contribution in [-0.4, -0.2) is 34.0 Å². The summed E-state index contributed by atoms with van der Waals surface area (Å²) in [6, 6.07) is 17.0. The standard InChI is InChI=1S/C24H24N2O2S/c1-15-18(16-6-3-2-4-7-16)8-5-9-19(15)23-25-21-10-11-26(14-22(21)29-23)13-17-12-20(17)24(27)28/h2-9,17,20H,10-14H2,1H3,(H,27,28). The van der Waals surface area contributed by atoms with E-state index in [2.05, 4.69) is 54.3 Å². The molecule has 0 bridgehead atoms. The second-order valence-corrected chi connectivity index (χ2v) is 9.24. The largest absolute Gasteiger partial charge is 0.481 e. The van der Waals surface area contributed by atoms with Gasteiger partial charge in [-0.15, -0.1) is 11.3 Å². The average Bonchev–Trinajstić information content (AvgIpc) is 3.37. The van der Waals surface area contributed by atoms with Crippen LogP contribution in [0.1, 0.15) is 22.6 Å². The van der Waals surface area contributed by atoms with Crippen molar-refractivity contribution < 1.29 is 9.90 Å². The molecule has 3 aromatic rings. The first kappa shape index (κ1) is 18.5. The van der Waals surface area contributed by atoms with Crippen LogP contribution in [0.5, 0.6) is 0 Å². The highest BCUT2D eigenvalue weighted by molar-refractivity contribution is 7.15. The summed E-state index contributed by atoms with van der Waals surface area (Å²) in [5, 5.41) is 10.2. The third-order valence-electron chi connectivity index (χ3n) is 6.19. The van der Waals surface area contributed by atoms with Gasteiger partial charge >= 0.3 is 5.97 Å². The van der Waals surface area contributed by atoms with Gasteiger partial charge in [0.15, 0.2) is 0 Å². The Morgan fingerprint density at radius 1 is 1.17 bits per heavy atom. The molecule has 29 heavy (non-hydrogen) atoms. The van der Waals surface area contributed by atoms with Gasteiger partial charge in [0.25, 0.3) is 0 Å². The summed E-state index contributed by atoms with van der Waals surface area (Å²) in [5.74, 6) is -0.440. The van der Waals surface area contributed by atoms with Gasteiger partial charge in [-0.1, -0.05) is 48.5 Å². The minimum absolute atomic E-state index is 0.128. The SMILES string of the molecule is Cc1c(-c2ccccc2)cccc1-c1nc2c(s1)CN(CC1CC1C(=O)O)CC2. The average molecular weight is 405 g/mol. The van der Waals surface area contributed by atoms with Crippen molar-refractivity contribution in [2.45, 2.75) is 26.3 Å². The summed E-state index contributed by atoms with van der Waals surface area (Å²) in [4.78, 5) is 19.8. The van der Waals surface area contributed by atoms with Crippen molar-refractivity contribution in [3.05, 3.63) is 64.7 Å². The maximum Gasteiger partial charge on any atom is 0.306 e. The van der Waals surface area contributed by atoms with Gasteiger partial charge in [-0.2, -0.15) is 0 Å². The molecule has 148 valence electrons. The van der Waals surface area contributed by atoms with E-state index in [-0.39, 0.29) is 5.92 Å². The molecule has 2 atom stereocenters. The molecule has 1 N–H and O–H groups in total. The molecular weight excluding hydrogens is 380 g/mol. The number of carboxylic acids is 1. The van der Waals surface area contributed by atoms with Crippen LogP contribution >= 0.6 is 11.3 Å². The number of hydrogen-bond donors (Lipinski definition) is 1. The summed E-state index contributed by atoms with van der Waals surface area (Å²) in [6.45, 7) is 4.95. The fourth-order valence-electron chi connectivity index (χ4n) is 4.40. The summed E-state index contributed by atoms with van der Waals surface area (Å²) >= 11 is 1.80. The lowest BCUT2D eigenvalue weighted by atomic mass is 9.97. The van der Waals surface area contributed by atoms with Gasteiger partial charge in [-0.05, 0) is 36.0 Å². The zero-order valence-electron chi connectivity index (χ0n) is 16.5. The predicted octanol–water partition coefficient (Wildman–Crippen LogP) is 4.86. The van der Waals surface area contributed by atoms with E-state index in [0.29, 0.717) is 5.92 Å². The Kier molecular flexibility index (Phi) is 4.72. The minimum Gasteiger partial charge on any atom is -0.481 e. The molecule has 5 rings (SSSR count). The highest BCUT2D eigenvalue weighted by atomic mass is 32.1. The molecule has 0 radical (unpaired) electrons. The molecule has 1 aliphatic carbocycles. The van der Waals surface area contributed by atoms with Crippen LogP contribution in [-0.2, 0) is 17.8 Å². The van der Waals surface area contributed by atoms with Crippen molar-refractivity contribution in [1.29, 1.82) is 0 Å². The molecule has 2 aromatic carbocycles. The van der Waals surface area contributed by atoms with Crippen LogP contribution in [0.25, 0.3) is 21.7 Å². The zero-order valence-corrected chi connectivity index (χ0v) is 17.3.